The maximum atomic E-state index is 11.9. The Bertz CT molecular complexity index is 404. The van der Waals surface area contributed by atoms with Crippen LogP contribution in [0.15, 0.2) is 18.2 Å². The summed E-state index contributed by atoms with van der Waals surface area (Å²) in [6, 6.07) is 5.31. The summed E-state index contributed by atoms with van der Waals surface area (Å²) in [5.74, 6) is 0.868. The van der Waals surface area contributed by atoms with Gasteiger partial charge in [-0.3, -0.25) is 4.79 Å². The molecule has 0 aliphatic carbocycles. The fourth-order valence-corrected chi connectivity index (χ4v) is 1.86. The Balaban J connectivity index is 2.61. The second-order valence-corrected chi connectivity index (χ2v) is 4.69. The highest BCUT2D eigenvalue weighted by Gasteiger charge is 2.11. The third-order valence-corrected chi connectivity index (χ3v) is 3.10. The van der Waals surface area contributed by atoms with Crippen molar-refractivity contribution in [2.75, 3.05) is 14.2 Å². The van der Waals surface area contributed by atoms with Gasteiger partial charge in [0.25, 0.3) is 0 Å². The molecular formula is C14H19ClO3. The highest BCUT2D eigenvalue weighted by molar-refractivity contribution is 6.30. The highest BCUT2D eigenvalue weighted by Crippen LogP contribution is 2.23. The first-order chi connectivity index (χ1) is 8.56. The molecular weight excluding hydrogens is 252 g/mol. The van der Waals surface area contributed by atoms with E-state index in [0.29, 0.717) is 23.6 Å². The summed E-state index contributed by atoms with van der Waals surface area (Å²) in [4.78, 5) is 11.9. The van der Waals surface area contributed by atoms with Gasteiger partial charge in [0.05, 0.1) is 13.2 Å². The minimum Gasteiger partial charge on any atom is -0.496 e. The molecule has 0 saturated heterocycles. The molecule has 0 aromatic heterocycles. The van der Waals surface area contributed by atoms with Crippen molar-refractivity contribution in [2.45, 2.75) is 32.3 Å². The number of rotatable bonds is 7. The normalized spacial score (nSPS) is 12.2. The van der Waals surface area contributed by atoms with Crippen molar-refractivity contribution in [2.24, 2.45) is 0 Å². The maximum Gasteiger partial charge on any atom is 0.137 e. The number of ketones is 1. The largest absolute Gasteiger partial charge is 0.496 e. The second kappa shape index (κ2) is 7.39. The number of halogens is 1. The van der Waals surface area contributed by atoms with E-state index in [1.54, 1.807) is 32.4 Å². The minimum atomic E-state index is 0.107. The van der Waals surface area contributed by atoms with Crippen LogP contribution in [0.4, 0.5) is 0 Å². The average Bonchev–Trinajstić information content (AvgIpc) is 2.36. The van der Waals surface area contributed by atoms with Crippen LogP contribution in [0.25, 0.3) is 0 Å². The average molecular weight is 271 g/mol. The molecule has 1 atom stereocenters. The molecule has 0 aliphatic heterocycles. The van der Waals surface area contributed by atoms with Crippen LogP contribution in [-0.4, -0.2) is 26.1 Å². The fourth-order valence-electron chi connectivity index (χ4n) is 1.67. The molecule has 1 rings (SSSR count). The van der Waals surface area contributed by atoms with Crippen molar-refractivity contribution in [1.29, 1.82) is 0 Å². The molecule has 1 aromatic rings. The lowest BCUT2D eigenvalue weighted by molar-refractivity contribution is -0.119. The Kier molecular flexibility index (Phi) is 6.16. The topological polar surface area (TPSA) is 35.5 Å². The van der Waals surface area contributed by atoms with Crippen LogP contribution >= 0.6 is 11.6 Å². The molecule has 0 heterocycles. The summed E-state index contributed by atoms with van der Waals surface area (Å²) < 4.78 is 10.3. The van der Waals surface area contributed by atoms with Crippen LogP contribution in [0.3, 0.4) is 0 Å². The van der Waals surface area contributed by atoms with Crippen LogP contribution in [0.2, 0.25) is 5.02 Å². The number of methoxy groups -OCH3 is 2. The van der Waals surface area contributed by atoms with Crippen LogP contribution in [-0.2, 0) is 16.0 Å². The molecule has 0 amide bonds. The third-order valence-electron chi connectivity index (χ3n) is 2.86. The molecule has 1 unspecified atom stereocenters. The van der Waals surface area contributed by atoms with Crippen LogP contribution < -0.4 is 4.74 Å². The number of hydrogen-bond donors (Lipinski definition) is 0. The summed E-state index contributed by atoms with van der Waals surface area (Å²) in [7, 11) is 3.24. The van der Waals surface area contributed by atoms with E-state index in [2.05, 4.69) is 0 Å². The van der Waals surface area contributed by atoms with Crippen molar-refractivity contribution in [1.82, 2.24) is 0 Å². The maximum absolute atomic E-state index is 11.9. The number of Topliss-reactive ketones (excluding diaryl/α,β-unsaturated/α-hetero) is 1. The molecule has 1 aromatic carbocycles. The highest BCUT2D eigenvalue weighted by atomic mass is 35.5. The van der Waals surface area contributed by atoms with E-state index >= 15 is 0 Å². The molecule has 0 saturated carbocycles. The monoisotopic (exact) mass is 270 g/mol. The number of benzene rings is 1. The van der Waals surface area contributed by atoms with Crippen molar-refractivity contribution >= 4 is 17.4 Å². The van der Waals surface area contributed by atoms with E-state index in [1.165, 1.54) is 0 Å². The zero-order valence-electron chi connectivity index (χ0n) is 11.0. The van der Waals surface area contributed by atoms with Gasteiger partial charge in [0, 0.05) is 30.5 Å². The summed E-state index contributed by atoms with van der Waals surface area (Å²) in [5, 5.41) is 0.615. The molecule has 3 nitrogen and oxygen atoms in total. The predicted octanol–water partition coefficient (Wildman–Crippen LogP) is 3.28. The molecule has 100 valence electrons. The zero-order chi connectivity index (χ0) is 13.5. The summed E-state index contributed by atoms with van der Waals surface area (Å²) >= 11 is 5.92. The Morgan fingerprint density at radius 1 is 1.39 bits per heavy atom. The fraction of sp³-hybridized carbons (Fsp3) is 0.500. The van der Waals surface area contributed by atoms with E-state index in [-0.39, 0.29) is 11.9 Å². The number of hydrogen-bond acceptors (Lipinski definition) is 3. The van der Waals surface area contributed by atoms with Gasteiger partial charge >= 0.3 is 0 Å². The quantitative estimate of drug-likeness (QED) is 0.763. The Labute approximate surface area is 113 Å². The van der Waals surface area contributed by atoms with E-state index < -0.39 is 0 Å². The van der Waals surface area contributed by atoms with Crippen LogP contribution in [0.1, 0.15) is 25.3 Å². The van der Waals surface area contributed by atoms with Crippen molar-refractivity contribution < 1.29 is 14.3 Å². The van der Waals surface area contributed by atoms with Crippen molar-refractivity contribution in [3.63, 3.8) is 0 Å². The lowest BCUT2D eigenvalue weighted by atomic mass is 10.0. The number of ether oxygens (including phenoxy) is 2. The number of carbonyl (C=O) groups excluding carboxylic acids is 1. The Hall–Kier alpha value is -1.06. The molecule has 0 bridgehead atoms. The lowest BCUT2D eigenvalue weighted by Crippen LogP contribution is -2.10. The van der Waals surface area contributed by atoms with Crippen molar-refractivity contribution in [3.05, 3.63) is 28.8 Å². The molecule has 0 N–H and O–H groups in total. The van der Waals surface area contributed by atoms with Gasteiger partial charge in [0.1, 0.15) is 11.5 Å². The van der Waals surface area contributed by atoms with Crippen LogP contribution in [0, 0.1) is 0 Å². The molecule has 0 fully saturated rings. The molecule has 0 spiro atoms. The molecule has 4 heteroatoms. The summed E-state index contributed by atoms with van der Waals surface area (Å²) in [6.45, 7) is 1.95. The summed E-state index contributed by atoms with van der Waals surface area (Å²) in [6.07, 6.45) is 1.69. The van der Waals surface area contributed by atoms with Gasteiger partial charge < -0.3 is 9.47 Å². The first-order valence-electron chi connectivity index (χ1n) is 5.93. The number of carbonyl (C=O) groups is 1. The van der Waals surface area contributed by atoms with Gasteiger partial charge in [-0.15, -0.1) is 0 Å². The summed E-state index contributed by atoms with van der Waals surface area (Å²) in [5.41, 5.74) is 0.833. The zero-order valence-corrected chi connectivity index (χ0v) is 11.8. The van der Waals surface area contributed by atoms with Gasteiger partial charge in [-0.05, 0) is 31.5 Å². The van der Waals surface area contributed by atoms with Crippen molar-refractivity contribution in [3.8, 4) is 5.75 Å². The lowest BCUT2D eigenvalue weighted by Gasteiger charge is -2.10. The van der Waals surface area contributed by atoms with E-state index in [0.717, 1.165) is 12.0 Å². The Morgan fingerprint density at radius 3 is 2.72 bits per heavy atom. The second-order valence-electron chi connectivity index (χ2n) is 4.26. The first kappa shape index (κ1) is 15.0. The smallest absolute Gasteiger partial charge is 0.137 e. The molecule has 18 heavy (non-hydrogen) atoms. The van der Waals surface area contributed by atoms with Gasteiger partial charge in [-0.1, -0.05) is 11.6 Å². The van der Waals surface area contributed by atoms with Gasteiger partial charge in [-0.25, -0.2) is 0 Å². The van der Waals surface area contributed by atoms with Gasteiger partial charge in [-0.2, -0.15) is 0 Å². The first-order valence-corrected chi connectivity index (χ1v) is 6.31. The van der Waals surface area contributed by atoms with E-state index in [9.17, 15) is 4.79 Å². The Morgan fingerprint density at radius 2 is 2.11 bits per heavy atom. The van der Waals surface area contributed by atoms with E-state index in [1.807, 2.05) is 6.92 Å². The van der Waals surface area contributed by atoms with Crippen LogP contribution in [0.5, 0.6) is 5.75 Å². The standard InChI is InChI=1S/C14H19ClO3/c1-10(17-2)4-6-13(16)9-11-8-12(15)5-7-14(11)18-3/h5,7-8,10H,4,6,9H2,1-3H3. The third kappa shape index (κ3) is 4.67. The predicted molar refractivity (Wildman–Crippen MR) is 72.4 cm³/mol. The van der Waals surface area contributed by atoms with E-state index in [4.69, 9.17) is 21.1 Å². The van der Waals surface area contributed by atoms with Gasteiger partial charge in [0.15, 0.2) is 0 Å². The molecule has 0 aliphatic rings. The minimum absolute atomic E-state index is 0.107. The SMILES string of the molecule is COc1ccc(Cl)cc1CC(=O)CCC(C)OC. The molecule has 0 radical (unpaired) electrons. The van der Waals surface area contributed by atoms with Gasteiger partial charge in [0.2, 0.25) is 0 Å².